The molecular weight excluding hydrogens is 308 g/mol. The highest BCUT2D eigenvalue weighted by atomic mass is 16.7. The van der Waals surface area contributed by atoms with Gasteiger partial charge in [-0.15, -0.1) is 0 Å². The maximum atomic E-state index is 12.4. The number of piperidine rings is 1. The van der Waals surface area contributed by atoms with Gasteiger partial charge in [-0.2, -0.15) is 5.10 Å². The molecule has 3 heterocycles. The van der Waals surface area contributed by atoms with E-state index in [0.717, 1.165) is 38.2 Å². The number of fused-ring (bicyclic) bond motifs is 1. The highest BCUT2D eigenvalue weighted by Gasteiger charge is 2.23. The fraction of sp³-hybridized carbons (Fsp3) is 0.412. The number of ether oxygens (including phenoxy) is 2. The van der Waals surface area contributed by atoms with Crippen LogP contribution in [0.4, 0.5) is 10.5 Å². The highest BCUT2D eigenvalue weighted by Crippen LogP contribution is 2.34. The fourth-order valence-corrected chi connectivity index (χ4v) is 3.17. The molecule has 0 bridgehead atoms. The second kappa shape index (κ2) is 6.43. The Balaban J connectivity index is 1.30. The van der Waals surface area contributed by atoms with E-state index in [-0.39, 0.29) is 12.8 Å². The lowest BCUT2D eigenvalue weighted by Crippen LogP contribution is -2.41. The minimum Gasteiger partial charge on any atom is -0.454 e. The van der Waals surface area contributed by atoms with Gasteiger partial charge in [-0.1, -0.05) is 0 Å². The molecular formula is C17H20N4O3. The van der Waals surface area contributed by atoms with Gasteiger partial charge in [0.05, 0.1) is 0 Å². The molecule has 2 amide bonds. The Morgan fingerprint density at radius 1 is 1.25 bits per heavy atom. The van der Waals surface area contributed by atoms with Gasteiger partial charge in [-0.05, 0) is 37.0 Å². The monoisotopic (exact) mass is 328 g/mol. The molecule has 7 nitrogen and oxygen atoms in total. The number of likely N-dealkylation sites (tertiary alicyclic amines) is 1. The topological polar surface area (TPSA) is 68.6 Å². The Hall–Kier alpha value is -2.70. The normalized spacial score (nSPS) is 17.1. The number of nitrogens with one attached hydrogen (secondary N) is 1. The van der Waals surface area contributed by atoms with Crippen molar-refractivity contribution in [2.45, 2.75) is 19.4 Å². The molecule has 2 aromatic rings. The first-order chi connectivity index (χ1) is 11.8. The molecule has 1 N–H and O–H groups in total. The first-order valence-corrected chi connectivity index (χ1v) is 8.21. The van der Waals surface area contributed by atoms with Crippen LogP contribution in [0.5, 0.6) is 11.5 Å². The van der Waals surface area contributed by atoms with E-state index in [1.54, 1.807) is 12.3 Å². The van der Waals surface area contributed by atoms with Crippen LogP contribution in [0.1, 0.15) is 12.8 Å². The number of rotatable bonds is 3. The number of carbonyl (C=O) groups excluding carboxylic acids is 1. The first kappa shape index (κ1) is 14.9. The largest absolute Gasteiger partial charge is 0.454 e. The minimum absolute atomic E-state index is 0.0635. The predicted molar refractivity (Wildman–Crippen MR) is 88.1 cm³/mol. The van der Waals surface area contributed by atoms with Gasteiger partial charge in [0.15, 0.2) is 11.5 Å². The van der Waals surface area contributed by atoms with Crippen molar-refractivity contribution >= 4 is 11.7 Å². The van der Waals surface area contributed by atoms with Crippen molar-refractivity contribution in [3.63, 3.8) is 0 Å². The van der Waals surface area contributed by atoms with Crippen LogP contribution in [-0.4, -0.2) is 40.6 Å². The summed E-state index contributed by atoms with van der Waals surface area (Å²) in [5.41, 5.74) is 0.725. The maximum absolute atomic E-state index is 12.4. The summed E-state index contributed by atoms with van der Waals surface area (Å²) in [6.45, 7) is 2.69. The summed E-state index contributed by atoms with van der Waals surface area (Å²) >= 11 is 0. The molecule has 0 atom stereocenters. The summed E-state index contributed by atoms with van der Waals surface area (Å²) in [5.74, 6) is 1.96. The molecule has 0 spiro atoms. The number of nitrogens with zero attached hydrogens (tertiary/aromatic N) is 3. The number of urea groups is 1. The van der Waals surface area contributed by atoms with Gasteiger partial charge in [0.2, 0.25) is 6.79 Å². The maximum Gasteiger partial charge on any atom is 0.321 e. The van der Waals surface area contributed by atoms with Crippen molar-refractivity contribution in [3.8, 4) is 11.5 Å². The zero-order chi connectivity index (χ0) is 16.4. The van der Waals surface area contributed by atoms with Gasteiger partial charge < -0.3 is 19.7 Å². The lowest BCUT2D eigenvalue weighted by Gasteiger charge is -2.32. The zero-order valence-corrected chi connectivity index (χ0v) is 13.4. The van der Waals surface area contributed by atoms with Crippen LogP contribution >= 0.6 is 0 Å². The lowest BCUT2D eigenvalue weighted by atomic mass is 9.97. The zero-order valence-electron chi connectivity index (χ0n) is 13.4. The van der Waals surface area contributed by atoms with E-state index >= 15 is 0 Å². The van der Waals surface area contributed by atoms with Gasteiger partial charge in [0, 0.05) is 43.8 Å². The van der Waals surface area contributed by atoms with Crippen molar-refractivity contribution < 1.29 is 14.3 Å². The summed E-state index contributed by atoms with van der Waals surface area (Å²) in [6.07, 6.45) is 5.77. The Bertz CT molecular complexity index is 709. The SMILES string of the molecule is O=C(Nc1ccc2c(c1)OCO2)N1CCC(Cn2cccn2)CC1. The van der Waals surface area contributed by atoms with Crippen molar-refractivity contribution in [2.24, 2.45) is 5.92 Å². The van der Waals surface area contributed by atoms with Crippen LogP contribution < -0.4 is 14.8 Å². The van der Waals surface area contributed by atoms with E-state index in [9.17, 15) is 4.79 Å². The standard InChI is InChI=1S/C17H20N4O3/c22-17(19-14-2-3-15-16(10-14)24-12-23-15)20-8-4-13(5-9-20)11-21-7-1-6-18-21/h1-3,6-7,10,13H,4-5,8-9,11-12H2,(H,19,22). The highest BCUT2D eigenvalue weighted by molar-refractivity contribution is 5.89. The van der Waals surface area contributed by atoms with Crippen LogP contribution in [0.15, 0.2) is 36.7 Å². The van der Waals surface area contributed by atoms with Gasteiger partial charge in [-0.25, -0.2) is 4.79 Å². The van der Waals surface area contributed by atoms with Gasteiger partial charge >= 0.3 is 6.03 Å². The van der Waals surface area contributed by atoms with Gasteiger partial charge in [-0.3, -0.25) is 4.68 Å². The van der Waals surface area contributed by atoms with Crippen LogP contribution in [0, 0.1) is 5.92 Å². The van der Waals surface area contributed by atoms with Crippen molar-refractivity contribution in [3.05, 3.63) is 36.7 Å². The molecule has 0 saturated carbocycles. The first-order valence-electron chi connectivity index (χ1n) is 8.21. The molecule has 1 aromatic heterocycles. The van der Waals surface area contributed by atoms with Gasteiger partial charge in [0.1, 0.15) is 0 Å². The van der Waals surface area contributed by atoms with Crippen LogP contribution in [0.3, 0.4) is 0 Å². The quantitative estimate of drug-likeness (QED) is 0.940. The van der Waals surface area contributed by atoms with E-state index in [2.05, 4.69) is 10.4 Å². The summed E-state index contributed by atoms with van der Waals surface area (Å²) in [5, 5.41) is 7.19. The van der Waals surface area contributed by atoms with Crippen molar-refractivity contribution in [2.75, 3.05) is 25.2 Å². The second-order valence-corrected chi connectivity index (χ2v) is 6.16. The number of carbonyl (C=O) groups is 1. The molecule has 126 valence electrons. The number of benzene rings is 1. The molecule has 1 fully saturated rings. The molecule has 2 aliphatic rings. The third-order valence-electron chi connectivity index (χ3n) is 4.53. The van der Waals surface area contributed by atoms with Crippen LogP contribution in [0.25, 0.3) is 0 Å². The summed E-state index contributed by atoms with van der Waals surface area (Å²) in [6, 6.07) is 7.31. The minimum atomic E-state index is -0.0635. The van der Waals surface area contributed by atoms with E-state index in [1.165, 1.54) is 0 Å². The third-order valence-corrected chi connectivity index (χ3v) is 4.53. The number of amides is 2. The molecule has 1 aromatic carbocycles. The van der Waals surface area contributed by atoms with E-state index in [1.807, 2.05) is 34.0 Å². The van der Waals surface area contributed by atoms with Crippen molar-refractivity contribution in [1.82, 2.24) is 14.7 Å². The third kappa shape index (κ3) is 3.15. The number of hydrogen-bond donors (Lipinski definition) is 1. The molecule has 24 heavy (non-hydrogen) atoms. The molecule has 0 radical (unpaired) electrons. The Morgan fingerprint density at radius 2 is 2.08 bits per heavy atom. The number of anilines is 1. The Kier molecular flexibility index (Phi) is 3.98. The van der Waals surface area contributed by atoms with Crippen LogP contribution in [0.2, 0.25) is 0 Å². The molecule has 0 unspecified atom stereocenters. The molecule has 7 heteroatoms. The number of aromatic nitrogens is 2. The van der Waals surface area contributed by atoms with E-state index in [0.29, 0.717) is 17.4 Å². The lowest BCUT2D eigenvalue weighted by molar-refractivity contribution is 0.174. The van der Waals surface area contributed by atoms with E-state index < -0.39 is 0 Å². The second-order valence-electron chi connectivity index (χ2n) is 6.16. The predicted octanol–water partition coefficient (Wildman–Crippen LogP) is 2.56. The summed E-state index contributed by atoms with van der Waals surface area (Å²) in [4.78, 5) is 14.3. The average molecular weight is 328 g/mol. The molecule has 1 saturated heterocycles. The smallest absolute Gasteiger partial charge is 0.321 e. The molecule has 4 rings (SSSR count). The van der Waals surface area contributed by atoms with Crippen molar-refractivity contribution in [1.29, 1.82) is 0 Å². The summed E-state index contributed by atoms with van der Waals surface area (Å²) in [7, 11) is 0. The Morgan fingerprint density at radius 3 is 2.88 bits per heavy atom. The van der Waals surface area contributed by atoms with Crippen LogP contribution in [-0.2, 0) is 6.54 Å². The molecule has 2 aliphatic heterocycles. The number of hydrogen-bond acceptors (Lipinski definition) is 4. The van der Waals surface area contributed by atoms with Gasteiger partial charge in [0.25, 0.3) is 0 Å². The summed E-state index contributed by atoms with van der Waals surface area (Å²) < 4.78 is 12.6. The average Bonchev–Trinajstić information content (AvgIpc) is 3.26. The van der Waals surface area contributed by atoms with E-state index in [4.69, 9.17) is 9.47 Å². The molecule has 0 aliphatic carbocycles. The fourth-order valence-electron chi connectivity index (χ4n) is 3.17. The Labute approximate surface area is 140 Å².